The topological polar surface area (TPSA) is 0 Å². The van der Waals surface area contributed by atoms with Crippen molar-refractivity contribution in [3.63, 3.8) is 0 Å². The van der Waals surface area contributed by atoms with E-state index in [4.69, 9.17) is 0 Å². The van der Waals surface area contributed by atoms with Crippen molar-refractivity contribution < 1.29 is 0 Å². The second kappa shape index (κ2) is 11.1. The van der Waals surface area contributed by atoms with Crippen LogP contribution in [0.4, 0.5) is 0 Å². The van der Waals surface area contributed by atoms with Gasteiger partial charge in [-0.15, -0.1) is 0 Å². The first kappa shape index (κ1) is 19.4. The molecule has 0 radical (unpaired) electrons. The quantitative estimate of drug-likeness (QED) is 0.495. The molecule has 0 aliphatic heterocycles. The second-order valence-corrected chi connectivity index (χ2v) is 5.39. The van der Waals surface area contributed by atoms with Gasteiger partial charge in [0.2, 0.25) is 0 Å². The molecule has 0 heteroatoms. The van der Waals surface area contributed by atoms with Crippen molar-refractivity contribution in [2.45, 2.75) is 41.5 Å². The normalized spacial score (nSPS) is 19.9. The zero-order valence-electron chi connectivity index (χ0n) is 14.6. The summed E-state index contributed by atoms with van der Waals surface area (Å²) in [6, 6.07) is 0. The molecule has 21 heavy (non-hydrogen) atoms. The Hall–Kier alpha value is -1.56. The Kier molecular flexibility index (Phi) is 10.3. The smallest absolute Gasteiger partial charge is 0.0112 e. The maximum Gasteiger partial charge on any atom is 0.0112 e. The molecule has 0 amide bonds. The minimum atomic E-state index is 0.403. The monoisotopic (exact) mass is 284 g/mol. The van der Waals surface area contributed by atoms with E-state index in [1.54, 1.807) is 0 Å². The molecular formula is C21H32. The van der Waals surface area contributed by atoms with E-state index in [2.05, 4.69) is 76.0 Å². The van der Waals surface area contributed by atoms with Gasteiger partial charge in [0, 0.05) is 5.92 Å². The van der Waals surface area contributed by atoms with Crippen LogP contribution in [-0.4, -0.2) is 0 Å². The molecule has 0 N–H and O–H groups in total. The minimum Gasteiger partial charge on any atom is -0.0988 e. The molecule has 0 aromatic heterocycles. The molecule has 0 heterocycles. The third-order valence-corrected chi connectivity index (χ3v) is 3.40. The lowest BCUT2D eigenvalue weighted by atomic mass is 9.81. The van der Waals surface area contributed by atoms with Crippen LogP contribution in [0.25, 0.3) is 0 Å². The molecule has 0 spiro atoms. The summed E-state index contributed by atoms with van der Waals surface area (Å²) in [5.74, 6) is 1.46. The van der Waals surface area contributed by atoms with Crippen molar-refractivity contribution in [2.24, 2.45) is 17.8 Å². The minimum absolute atomic E-state index is 0.403. The first-order valence-corrected chi connectivity index (χ1v) is 8.12. The van der Waals surface area contributed by atoms with Gasteiger partial charge in [-0.1, -0.05) is 95.9 Å². The van der Waals surface area contributed by atoms with Crippen LogP contribution < -0.4 is 0 Å². The number of allylic oxidation sites excluding steroid dienone is 11. The van der Waals surface area contributed by atoms with Crippen molar-refractivity contribution in [2.75, 3.05) is 0 Å². The van der Waals surface area contributed by atoms with Crippen molar-refractivity contribution in [1.29, 1.82) is 0 Å². The van der Waals surface area contributed by atoms with Gasteiger partial charge in [-0.25, -0.2) is 0 Å². The van der Waals surface area contributed by atoms with Crippen LogP contribution >= 0.6 is 0 Å². The summed E-state index contributed by atoms with van der Waals surface area (Å²) < 4.78 is 0. The summed E-state index contributed by atoms with van der Waals surface area (Å²) in [7, 11) is 0. The first-order valence-electron chi connectivity index (χ1n) is 8.12. The largest absolute Gasteiger partial charge is 0.0988 e. The molecule has 0 bridgehead atoms. The third-order valence-electron chi connectivity index (χ3n) is 3.40. The lowest BCUT2D eigenvalue weighted by Gasteiger charge is -2.23. The number of hydrogen-bond donors (Lipinski definition) is 0. The van der Waals surface area contributed by atoms with Gasteiger partial charge < -0.3 is 0 Å². The van der Waals surface area contributed by atoms with E-state index in [0.717, 1.165) is 0 Å². The number of rotatable bonds is 5. The molecule has 1 aliphatic carbocycles. The molecule has 0 aromatic rings. The Bertz CT molecular complexity index is 439. The summed E-state index contributed by atoms with van der Waals surface area (Å²) in [6.45, 7) is 16.8. The molecule has 0 aromatic carbocycles. The number of hydrogen-bond acceptors (Lipinski definition) is 0. The van der Waals surface area contributed by atoms with Crippen LogP contribution in [-0.2, 0) is 0 Å². The summed E-state index contributed by atoms with van der Waals surface area (Å²) in [6.07, 6.45) is 19.5. The summed E-state index contributed by atoms with van der Waals surface area (Å²) in [5, 5.41) is 0. The molecule has 2 unspecified atom stereocenters. The molecular weight excluding hydrogens is 252 g/mol. The van der Waals surface area contributed by atoms with E-state index in [1.165, 1.54) is 11.1 Å². The van der Waals surface area contributed by atoms with Gasteiger partial charge in [-0.2, -0.15) is 0 Å². The highest BCUT2D eigenvalue weighted by atomic mass is 14.2. The molecule has 1 rings (SSSR count). The van der Waals surface area contributed by atoms with Crippen molar-refractivity contribution >= 4 is 0 Å². The van der Waals surface area contributed by atoms with Crippen molar-refractivity contribution in [3.8, 4) is 0 Å². The highest BCUT2D eigenvalue weighted by Gasteiger charge is 2.19. The Morgan fingerprint density at radius 3 is 2.43 bits per heavy atom. The van der Waals surface area contributed by atoms with Gasteiger partial charge >= 0.3 is 0 Å². The van der Waals surface area contributed by atoms with Crippen LogP contribution in [0.5, 0.6) is 0 Å². The van der Waals surface area contributed by atoms with Crippen LogP contribution in [0.15, 0.2) is 72.4 Å². The zero-order chi connectivity index (χ0) is 16.3. The van der Waals surface area contributed by atoms with Gasteiger partial charge in [0.15, 0.2) is 0 Å². The van der Waals surface area contributed by atoms with Crippen LogP contribution in [0.3, 0.4) is 0 Å². The van der Waals surface area contributed by atoms with Crippen molar-refractivity contribution in [1.82, 2.24) is 0 Å². The van der Waals surface area contributed by atoms with Crippen LogP contribution in [0, 0.1) is 17.8 Å². The molecule has 2 atom stereocenters. The second-order valence-electron chi connectivity index (χ2n) is 5.39. The molecule has 0 saturated heterocycles. The maximum atomic E-state index is 3.98. The molecule has 1 aliphatic rings. The van der Waals surface area contributed by atoms with E-state index >= 15 is 0 Å². The lowest BCUT2D eigenvalue weighted by molar-refractivity contribution is 0.518. The SMILES string of the molecule is C=C/C(=C\C=C/C)C(C1=CC=CC(C)C=C1)C(C)C.CC. The Morgan fingerprint density at radius 2 is 1.90 bits per heavy atom. The van der Waals surface area contributed by atoms with E-state index < -0.39 is 0 Å². The Labute approximate surface area is 132 Å². The fraction of sp³-hybridized carbons (Fsp3) is 0.429. The molecule has 0 saturated carbocycles. The fourth-order valence-corrected chi connectivity index (χ4v) is 2.40. The van der Waals surface area contributed by atoms with E-state index in [1.807, 2.05) is 26.8 Å². The Balaban J connectivity index is 0.00000191. The van der Waals surface area contributed by atoms with Crippen molar-refractivity contribution in [3.05, 3.63) is 72.4 Å². The highest BCUT2D eigenvalue weighted by molar-refractivity contribution is 5.40. The summed E-state index contributed by atoms with van der Waals surface area (Å²) in [5.41, 5.74) is 2.65. The van der Waals surface area contributed by atoms with E-state index in [0.29, 0.717) is 17.8 Å². The van der Waals surface area contributed by atoms with Crippen LogP contribution in [0.1, 0.15) is 41.5 Å². The summed E-state index contributed by atoms with van der Waals surface area (Å²) in [4.78, 5) is 0. The molecule has 0 nitrogen and oxygen atoms in total. The van der Waals surface area contributed by atoms with Gasteiger partial charge in [-0.3, -0.25) is 0 Å². The van der Waals surface area contributed by atoms with Gasteiger partial charge in [-0.05, 0) is 29.9 Å². The van der Waals surface area contributed by atoms with E-state index in [-0.39, 0.29) is 0 Å². The Morgan fingerprint density at radius 1 is 1.24 bits per heavy atom. The van der Waals surface area contributed by atoms with E-state index in [9.17, 15) is 0 Å². The molecule has 116 valence electrons. The third kappa shape index (κ3) is 6.62. The average molecular weight is 284 g/mol. The van der Waals surface area contributed by atoms with Crippen LogP contribution in [0.2, 0.25) is 0 Å². The highest BCUT2D eigenvalue weighted by Crippen LogP contribution is 2.31. The fourth-order valence-electron chi connectivity index (χ4n) is 2.40. The average Bonchev–Trinajstić information content (AvgIpc) is 2.70. The predicted molar refractivity (Wildman–Crippen MR) is 98.3 cm³/mol. The van der Waals surface area contributed by atoms with Gasteiger partial charge in [0.25, 0.3) is 0 Å². The lowest BCUT2D eigenvalue weighted by Crippen LogP contribution is -2.13. The van der Waals surface area contributed by atoms with Gasteiger partial charge in [0.1, 0.15) is 0 Å². The standard InChI is InChI=1S/C19H26.C2H6/c1-6-8-11-17(7-2)19(15(3)4)18-12-9-10-16(5)13-14-18;1-2/h6-16,19H,2H2,1,3-5H3;1-2H3/b8-6-,17-11+;. The predicted octanol–water partition coefficient (Wildman–Crippen LogP) is 6.66. The zero-order valence-corrected chi connectivity index (χ0v) is 14.6. The maximum absolute atomic E-state index is 3.98. The summed E-state index contributed by atoms with van der Waals surface area (Å²) >= 11 is 0. The van der Waals surface area contributed by atoms with Gasteiger partial charge in [0.05, 0.1) is 0 Å². The first-order chi connectivity index (χ1) is 10.1. The molecule has 0 fully saturated rings.